The molecule has 0 atom stereocenters. The van der Waals surface area contributed by atoms with Crippen molar-refractivity contribution in [2.24, 2.45) is 0 Å². The number of amides is 4. The third-order valence-corrected chi connectivity index (χ3v) is 6.66. The zero-order chi connectivity index (χ0) is 22.6. The number of urea groups is 1. The summed E-state index contributed by atoms with van der Waals surface area (Å²) in [7, 11) is 0. The molecule has 31 heavy (non-hydrogen) atoms. The summed E-state index contributed by atoms with van der Waals surface area (Å²) in [5.74, 6) is -1.48. The average molecular weight is 641 g/mol. The molecular weight excluding hydrogens is 623 g/mol. The zero-order valence-electron chi connectivity index (χ0n) is 16.0. The highest BCUT2D eigenvalue weighted by Crippen LogP contribution is 2.36. The van der Waals surface area contributed by atoms with Crippen molar-refractivity contribution in [1.82, 2.24) is 15.8 Å². The summed E-state index contributed by atoms with van der Waals surface area (Å²) in [6, 6.07) is 6.72. The Bertz CT molecular complexity index is 990. The van der Waals surface area contributed by atoms with Gasteiger partial charge in [0.25, 0.3) is 11.8 Å². The molecule has 0 spiro atoms. The van der Waals surface area contributed by atoms with Crippen molar-refractivity contribution < 1.29 is 18.8 Å². The molecule has 1 aliphatic heterocycles. The molecule has 1 saturated heterocycles. The minimum atomic E-state index is -1.31. The van der Waals surface area contributed by atoms with Crippen molar-refractivity contribution >= 4 is 82.7 Å². The van der Waals surface area contributed by atoms with E-state index in [1.165, 1.54) is 12.1 Å². The lowest BCUT2D eigenvalue weighted by Crippen LogP contribution is -2.45. The fourth-order valence-electron chi connectivity index (χ4n) is 2.96. The van der Waals surface area contributed by atoms with Gasteiger partial charge in [-0.15, -0.1) is 11.3 Å². The van der Waals surface area contributed by atoms with Crippen LogP contribution in [-0.4, -0.2) is 38.1 Å². The van der Waals surface area contributed by atoms with Crippen molar-refractivity contribution in [2.75, 3.05) is 18.4 Å². The lowest BCUT2D eigenvalue weighted by atomic mass is 10.2. The lowest BCUT2D eigenvalue weighted by Gasteiger charge is -2.26. The summed E-state index contributed by atoms with van der Waals surface area (Å²) in [6.07, 6.45) is 3.09. The Kier molecular flexibility index (Phi) is 8.25. The van der Waals surface area contributed by atoms with Crippen LogP contribution < -0.4 is 16.1 Å². The van der Waals surface area contributed by atoms with Crippen LogP contribution in [0.3, 0.4) is 0 Å². The van der Waals surface area contributed by atoms with Crippen molar-refractivity contribution in [2.45, 2.75) is 21.4 Å². The molecule has 166 valence electrons. The van der Waals surface area contributed by atoms with E-state index < -0.39 is 19.9 Å². The Morgan fingerprint density at radius 2 is 1.77 bits per heavy atom. The molecule has 1 aliphatic rings. The van der Waals surface area contributed by atoms with Gasteiger partial charge in [0.2, 0.25) is 2.14 Å². The molecule has 0 saturated carbocycles. The predicted octanol–water partition coefficient (Wildman–Crippen LogP) is 5.17. The van der Waals surface area contributed by atoms with E-state index in [1.54, 1.807) is 18.2 Å². The molecule has 3 N–H and O–H groups in total. The van der Waals surface area contributed by atoms with Gasteiger partial charge in [-0.2, -0.15) is 0 Å². The number of anilines is 1. The van der Waals surface area contributed by atoms with Gasteiger partial charge in [-0.1, -0.05) is 18.6 Å². The van der Waals surface area contributed by atoms with Crippen LogP contribution in [0.2, 0.25) is 0 Å². The van der Waals surface area contributed by atoms with Gasteiger partial charge in [-0.25, -0.2) is 14.2 Å². The number of hydrazine groups is 1. The fraction of sp³-hybridized carbons (Fsp3) is 0.316. The molecule has 0 radical (unpaired) electrons. The van der Waals surface area contributed by atoms with E-state index >= 15 is 0 Å². The van der Waals surface area contributed by atoms with E-state index in [1.807, 2.05) is 5.01 Å². The SMILES string of the molecule is O=C(NC(=O)C(Br)(Br)Br)Nc1cc(-c2cccc(F)c2)sc1C(=O)NN1CCCCC1. The number of carbonyl (C=O) groups is 3. The monoisotopic (exact) mass is 638 g/mol. The van der Waals surface area contributed by atoms with Crippen molar-refractivity contribution in [3.05, 3.63) is 41.0 Å². The van der Waals surface area contributed by atoms with E-state index in [4.69, 9.17) is 0 Å². The number of hydrogen-bond acceptors (Lipinski definition) is 5. The number of rotatable bonds is 4. The van der Waals surface area contributed by atoms with Crippen LogP contribution in [0.4, 0.5) is 14.9 Å². The van der Waals surface area contributed by atoms with Gasteiger partial charge in [-0.05, 0) is 84.4 Å². The standard InChI is InChI=1S/C19H18Br3FN4O3S/c20-19(21,22)17(29)25-18(30)24-13-10-14(11-5-4-6-12(23)9-11)31-15(13)16(28)26-27-7-2-1-3-8-27/h4-6,9-10H,1-3,7-8H2,(H,26,28)(H2,24,25,29,30). The molecule has 1 fully saturated rings. The summed E-state index contributed by atoms with van der Waals surface area (Å²) in [6.45, 7) is 1.49. The maximum atomic E-state index is 13.7. The second-order valence-corrected chi connectivity index (χ2v) is 14.6. The van der Waals surface area contributed by atoms with E-state index in [2.05, 4.69) is 63.8 Å². The highest BCUT2D eigenvalue weighted by atomic mass is 80.0. The highest BCUT2D eigenvalue weighted by Gasteiger charge is 2.30. The number of benzene rings is 1. The van der Waals surface area contributed by atoms with Crippen LogP contribution in [0.1, 0.15) is 28.9 Å². The maximum Gasteiger partial charge on any atom is 0.326 e. The number of imide groups is 1. The maximum absolute atomic E-state index is 13.7. The number of halogens is 4. The summed E-state index contributed by atoms with van der Waals surface area (Å²) >= 11 is 10.2. The molecule has 1 aromatic carbocycles. The molecular formula is C19H18Br3FN4O3S. The summed E-state index contributed by atoms with van der Waals surface area (Å²) < 4.78 is 12.4. The van der Waals surface area contributed by atoms with Crippen molar-refractivity contribution in [1.29, 1.82) is 0 Å². The Labute approximate surface area is 207 Å². The molecule has 4 amide bonds. The average Bonchev–Trinajstić information content (AvgIpc) is 3.12. The van der Waals surface area contributed by atoms with Crippen LogP contribution >= 0.6 is 59.1 Å². The third-order valence-electron chi connectivity index (χ3n) is 4.40. The largest absolute Gasteiger partial charge is 0.326 e. The predicted molar refractivity (Wildman–Crippen MR) is 129 cm³/mol. The van der Waals surface area contributed by atoms with Crippen molar-refractivity contribution in [3.8, 4) is 10.4 Å². The van der Waals surface area contributed by atoms with E-state index in [-0.39, 0.29) is 16.5 Å². The van der Waals surface area contributed by atoms with Gasteiger partial charge in [0.1, 0.15) is 10.7 Å². The van der Waals surface area contributed by atoms with Gasteiger partial charge >= 0.3 is 6.03 Å². The summed E-state index contributed by atoms with van der Waals surface area (Å²) in [5.41, 5.74) is 3.65. The first-order valence-corrected chi connectivity index (χ1v) is 12.5. The van der Waals surface area contributed by atoms with Crippen LogP contribution in [0, 0.1) is 5.82 Å². The first-order chi connectivity index (χ1) is 14.6. The second kappa shape index (κ2) is 10.5. The number of hydrogen-bond donors (Lipinski definition) is 3. The Morgan fingerprint density at radius 1 is 1.06 bits per heavy atom. The first kappa shape index (κ1) is 24.3. The molecule has 7 nitrogen and oxygen atoms in total. The minimum Gasteiger partial charge on any atom is -0.306 e. The van der Waals surface area contributed by atoms with Crippen LogP contribution in [0.25, 0.3) is 10.4 Å². The number of nitrogens with zero attached hydrogens (tertiary/aromatic N) is 1. The quantitative estimate of drug-likeness (QED) is 0.402. The number of alkyl halides is 3. The van der Waals surface area contributed by atoms with Gasteiger partial charge in [0.15, 0.2) is 0 Å². The summed E-state index contributed by atoms with van der Waals surface area (Å²) in [5, 5.41) is 6.53. The van der Waals surface area contributed by atoms with Gasteiger partial charge < -0.3 is 5.32 Å². The van der Waals surface area contributed by atoms with Crippen LogP contribution in [-0.2, 0) is 4.79 Å². The van der Waals surface area contributed by atoms with Crippen LogP contribution in [0.15, 0.2) is 30.3 Å². The van der Waals surface area contributed by atoms with Crippen LogP contribution in [0.5, 0.6) is 0 Å². The van der Waals surface area contributed by atoms with E-state index in [0.29, 0.717) is 10.4 Å². The third kappa shape index (κ3) is 6.82. The molecule has 0 bridgehead atoms. The topological polar surface area (TPSA) is 90.5 Å². The Hall–Kier alpha value is -1.34. The molecule has 3 rings (SSSR count). The first-order valence-electron chi connectivity index (χ1n) is 9.28. The second-order valence-electron chi connectivity index (χ2n) is 6.76. The molecule has 12 heteroatoms. The minimum absolute atomic E-state index is 0.216. The highest BCUT2D eigenvalue weighted by molar-refractivity contribution is 9.40. The summed E-state index contributed by atoms with van der Waals surface area (Å²) in [4.78, 5) is 38.1. The molecule has 2 aromatic rings. The number of nitrogens with one attached hydrogen (secondary N) is 3. The van der Waals surface area contributed by atoms with E-state index in [9.17, 15) is 18.8 Å². The Morgan fingerprint density at radius 3 is 2.42 bits per heavy atom. The molecule has 2 heterocycles. The number of thiophene rings is 1. The smallest absolute Gasteiger partial charge is 0.306 e. The van der Waals surface area contributed by atoms with E-state index in [0.717, 1.165) is 43.7 Å². The lowest BCUT2D eigenvalue weighted by molar-refractivity contribution is -0.118. The Balaban J connectivity index is 1.85. The zero-order valence-corrected chi connectivity index (χ0v) is 21.6. The molecule has 1 aromatic heterocycles. The molecule has 0 unspecified atom stereocenters. The van der Waals surface area contributed by atoms with Gasteiger partial charge in [0, 0.05) is 18.0 Å². The number of piperidine rings is 1. The number of carbonyl (C=O) groups excluding carboxylic acids is 3. The fourth-order valence-corrected chi connectivity index (χ4v) is 4.26. The van der Waals surface area contributed by atoms with Gasteiger partial charge in [-0.3, -0.25) is 20.3 Å². The van der Waals surface area contributed by atoms with Gasteiger partial charge in [0.05, 0.1) is 5.69 Å². The normalized spacial score (nSPS) is 14.7. The van der Waals surface area contributed by atoms with Crippen molar-refractivity contribution in [3.63, 3.8) is 0 Å². The molecule has 0 aliphatic carbocycles.